The van der Waals surface area contributed by atoms with Crippen LogP contribution in [0, 0.1) is 17.8 Å². The first kappa shape index (κ1) is 11.0. The topological polar surface area (TPSA) is 38.7 Å². The minimum absolute atomic E-state index is 0.0393. The third kappa shape index (κ3) is 2.01. The number of rotatable bonds is 3. The maximum absolute atomic E-state index is 9.32. The molecule has 0 spiro atoms. The van der Waals surface area contributed by atoms with Gasteiger partial charge in [0.2, 0.25) is 0 Å². The van der Waals surface area contributed by atoms with Crippen LogP contribution in [-0.2, 0) is 9.47 Å². The molecule has 0 aromatic heterocycles. The second-order valence-electron chi connectivity index (χ2n) is 5.65. The van der Waals surface area contributed by atoms with Crippen LogP contribution in [0.3, 0.4) is 0 Å². The molecule has 92 valence electrons. The van der Waals surface area contributed by atoms with Crippen molar-refractivity contribution in [1.29, 1.82) is 0 Å². The maximum atomic E-state index is 9.32. The third-order valence-corrected chi connectivity index (χ3v) is 4.59. The molecule has 3 aliphatic rings. The van der Waals surface area contributed by atoms with E-state index in [1.165, 1.54) is 32.1 Å². The summed E-state index contributed by atoms with van der Waals surface area (Å²) in [5, 5.41) is 9.32. The summed E-state index contributed by atoms with van der Waals surface area (Å²) in [4.78, 5) is 0. The van der Waals surface area contributed by atoms with E-state index in [1.54, 1.807) is 0 Å². The molecule has 0 aromatic carbocycles. The number of aliphatic hydroxyl groups is 1. The Balaban J connectivity index is 1.55. The van der Waals surface area contributed by atoms with Gasteiger partial charge in [0.05, 0.1) is 6.10 Å². The van der Waals surface area contributed by atoms with Gasteiger partial charge in [0.15, 0.2) is 6.29 Å². The molecule has 1 heterocycles. The van der Waals surface area contributed by atoms with Gasteiger partial charge in [0.25, 0.3) is 0 Å². The number of hydrogen-bond donors (Lipinski definition) is 1. The summed E-state index contributed by atoms with van der Waals surface area (Å²) < 4.78 is 11.7. The fourth-order valence-electron chi connectivity index (χ4n) is 3.81. The maximum Gasteiger partial charge on any atom is 0.157 e. The Kier molecular flexibility index (Phi) is 3.18. The molecule has 0 radical (unpaired) electrons. The zero-order chi connectivity index (χ0) is 11.0. The van der Waals surface area contributed by atoms with Crippen LogP contribution < -0.4 is 0 Å². The number of hydrogen-bond acceptors (Lipinski definition) is 3. The third-order valence-electron chi connectivity index (χ3n) is 4.59. The molecule has 2 bridgehead atoms. The van der Waals surface area contributed by atoms with Gasteiger partial charge in [-0.25, -0.2) is 0 Å². The molecule has 3 fully saturated rings. The van der Waals surface area contributed by atoms with Crippen molar-refractivity contribution < 1.29 is 14.6 Å². The second-order valence-corrected chi connectivity index (χ2v) is 5.65. The summed E-state index contributed by atoms with van der Waals surface area (Å²) in [7, 11) is 0. The highest BCUT2D eigenvalue weighted by atomic mass is 16.7. The van der Waals surface area contributed by atoms with Crippen molar-refractivity contribution in [3.05, 3.63) is 0 Å². The van der Waals surface area contributed by atoms with Crippen molar-refractivity contribution in [2.24, 2.45) is 17.8 Å². The molecule has 5 atom stereocenters. The van der Waals surface area contributed by atoms with Crippen molar-refractivity contribution >= 4 is 0 Å². The normalized spacial score (nSPS) is 47.4. The Labute approximate surface area is 97.1 Å². The number of ether oxygens (including phenoxy) is 2. The first-order valence-corrected chi connectivity index (χ1v) is 6.74. The van der Waals surface area contributed by atoms with Gasteiger partial charge < -0.3 is 14.6 Å². The van der Waals surface area contributed by atoms with Crippen LogP contribution in [0.25, 0.3) is 0 Å². The summed E-state index contributed by atoms with van der Waals surface area (Å²) in [5.74, 6) is 1.89. The molecular formula is C13H22O3. The van der Waals surface area contributed by atoms with Crippen molar-refractivity contribution in [1.82, 2.24) is 0 Å². The van der Waals surface area contributed by atoms with Gasteiger partial charge in [-0.05, 0) is 56.3 Å². The molecule has 1 unspecified atom stereocenters. The number of fused-ring (bicyclic) bond motifs is 2. The lowest BCUT2D eigenvalue weighted by Crippen LogP contribution is -2.34. The highest BCUT2D eigenvalue weighted by molar-refractivity contribution is 4.96. The molecule has 0 amide bonds. The first-order chi connectivity index (χ1) is 7.86. The van der Waals surface area contributed by atoms with Crippen molar-refractivity contribution in [2.45, 2.75) is 50.9 Å². The first-order valence-electron chi connectivity index (χ1n) is 6.74. The van der Waals surface area contributed by atoms with Gasteiger partial charge in [0.1, 0.15) is 0 Å². The Morgan fingerprint density at radius 1 is 1.19 bits per heavy atom. The molecule has 1 saturated heterocycles. The van der Waals surface area contributed by atoms with E-state index in [4.69, 9.17) is 9.47 Å². The predicted octanol–water partition coefficient (Wildman–Crippen LogP) is 1.94. The van der Waals surface area contributed by atoms with Gasteiger partial charge in [-0.15, -0.1) is 0 Å². The zero-order valence-corrected chi connectivity index (χ0v) is 9.81. The zero-order valence-electron chi connectivity index (χ0n) is 9.81. The minimum atomic E-state index is 0.0393. The van der Waals surface area contributed by atoms with Crippen LogP contribution in [-0.4, -0.2) is 30.7 Å². The smallest absolute Gasteiger partial charge is 0.157 e. The fraction of sp³-hybridized carbons (Fsp3) is 1.00. The van der Waals surface area contributed by atoms with Gasteiger partial charge in [0, 0.05) is 13.2 Å². The lowest BCUT2D eigenvalue weighted by Gasteiger charge is -2.33. The van der Waals surface area contributed by atoms with Crippen LogP contribution in [0.4, 0.5) is 0 Å². The van der Waals surface area contributed by atoms with E-state index in [1.807, 2.05) is 0 Å². The minimum Gasteiger partial charge on any atom is -0.396 e. The molecular weight excluding hydrogens is 204 g/mol. The average Bonchev–Trinajstić information content (AvgIpc) is 2.89. The summed E-state index contributed by atoms with van der Waals surface area (Å²) in [6.45, 7) is 1.20. The van der Waals surface area contributed by atoms with E-state index < -0.39 is 0 Å². The number of aliphatic hydroxyl groups excluding tert-OH is 1. The van der Waals surface area contributed by atoms with Crippen molar-refractivity contribution in [3.8, 4) is 0 Å². The SMILES string of the molecule is OC[C@H]1C[C@@H]2C[C@H]1[C@H](OC1CCCCO1)C2. The van der Waals surface area contributed by atoms with E-state index in [0.717, 1.165) is 18.9 Å². The molecule has 1 aliphatic heterocycles. The van der Waals surface area contributed by atoms with Gasteiger partial charge in [-0.2, -0.15) is 0 Å². The Bertz CT molecular complexity index is 237. The standard InChI is InChI=1S/C13H22O3/c14-8-10-5-9-6-11(10)12(7-9)16-13-3-1-2-4-15-13/h9-14H,1-8H2/t9-,10-,11-,12-,13?/m1/s1. The Hall–Kier alpha value is -0.120. The Morgan fingerprint density at radius 2 is 2.12 bits per heavy atom. The summed E-state index contributed by atoms with van der Waals surface area (Å²) in [5.41, 5.74) is 0. The second kappa shape index (κ2) is 4.63. The fourth-order valence-corrected chi connectivity index (χ4v) is 3.81. The van der Waals surface area contributed by atoms with Crippen LogP contribution in [0.15, 0.2) is 0 Å². The van der Waals surface area contributed by atoms with E-state index in [0.29, 0.717) is 24.5 Å². The van der Waals surface area contributed by atoms with Gasteiger partial charge in [-0.1, -0.05) is 0 Å². The summed E-state index contributed by atoms with van der Waals surface area (Å²) in [6, 6.07) is 0. The average molecular weight is 226 g/mol. The highest BCUT2D eigenvalue weighted by Crippen LogP contribution is 2.49. The molecule has 16 heavy (non-hydrogen) atoms. The van der Waals surface area contributed by atoms with E-state index in [-0.39, 0.29) is 6.29 Å². The van der Waals surface area contributed by atoms with Crippen LogP contribution in [0.5, 0.6) is 0 Å². The largest absolute Gasteiger partial charge is 0.396 e. The lowest BCUT2D eigenvalue weighted by molar-refractivity contribution is -0.201. The van der Waals surface area contributed by atoms with Crippen LogP contribution in [0.1, 0.15) is 38.5 Å². The summed E-state index contributed by atoms with van der Waals surface area (Å²) >= 11 is 0. The lowest BCUT2D eigenvalue weighted by atomic mass is 9.87. The van der Waals surface area contributed by atoms with Gasteiger partial charge >= 0.3 is 0 Å². The molecule has 3 rings (SSSR count). The monoisotopic (exact) mass is 226 g/mol. The molecule has 3 nitrogen and oxygen atoms in total. The van der Waals surface area contributed by atoms with Crippen molar-refractivity contribution in [3.63, 3.8) is 0 Å². The van der Waals surface area contributed by atoms with Gasteiger partial charge in [-0.3, -0.25) is 0 Å². The van der Waals surface area contributed by atoms with E-state index in [2.05, 4.69) is 0 Å². The van der Waals surface area contributed by atoms with Crippen molar-refractivity contribution in [2.75, 3.05) is 13.2 Å². The predicted molar refractivity (Wildman–Crippen MR) is 59.9 cm³/mol. The molecule has 2 saturated carbocycles. The summed E-state index contributed by atoms with van der Waals surface area (Å²) in [6.07, 6.45) is 7.54. The van der Waals surface area contributed by atoms with Crippen LogP contribution >= 0.6 is 0 Å². The van der Waals surface area contributed by atoms with E-state index in [9.17, 15) is 5.11 Å². The highest BCUT2D eigenvalue weighted by Gasteiger charge is 2.47. The molecule has 2 aliphatic carbocycles. The molecule has 3 heteroatoms. The van der Waals surface area contributed by atoms with E-state index >= 15 is 0 Å². The van der Waals surface area contributed by atoms with Crippen LogP contribution in [0.2, 0.25) is 0 Å². The molecule has 1 N–H and O–H groups in total. The Morgan fingerprint density at radius 3 is 2.81 bits per heavy atom. The molecule has 0 aromatic rings. The quantitative estimate of drug-likeness (QED) is 0.799.